The lowest BCUT2D eigenvalue weighted by Gasteiger charge is -2.40. The molecule has 1 saturated heterocycles. The third-order valence-corrected chi connectivity index (χ3v) is 7.11. The monoisotopic (exact) mass is 437 g/mol. The highest BCUT2D eigenvalue weighted by molar-refractivity contribution is 6.43. The molecule has 0 unspecified atom stereocenters. The molecule has 0 radical (unpaired) electrons. The van der Waals surface area contributed by atoms with E-state index in [0.29, 0.717) is 32.5 Å². The van der Waals surface area contributed by atoms with Gasteiger partial charge in [-0.2, -0.15) is 4.98 Å². The van der Waals surface area contributed by atoms with Crippen LogP contribution in [0, 0.1) is 5.41 Å². The summed E-state index contributed by atoms with van der Waals surface area (Å²) in [6, 6.07) is 5.18. The zero-order chi connectivity index (χ0) is 21.2. The Bertz CT molecular complexity index is 927. The molecule has 29 heavy (non-hydrogen) atoms. The van der Waals surface area contributed by atoms with Crippen LogP contribution in [-0.2, 0) is 7.05 Å². The van der Waals surface area contributed by atoms with Crippen molar-refractivity contribution < 1.29 is 0 Å². The highest BCUT2D eigenvalue weighted by atomic mass is 35.5. The molecular formula is C21H29Cl2N5O. The van der Waals surface area contributed by atoms with Crippen LogP contribution >= 0.6 is 23.2 Å². The van der Waals surface area contributed by atoms with Gasteiger partial charge in [-0.1, -0.05) is 48.2 Å². The lowest BCUT2D eigenvalue weighted by Crippen LogP contribution is -2.42. The zero-order valence-corrected chi connectivity index (χ0v) is 18.6. The molecule has 1 aliphatic carbocycles. The fraction of sp³-hybridized carbons (Fsp3) is 0.524. The van der Waals surface area contributed by atoms with Gasteiger partial charge in [0.1, 0.15) is 5.82 Å². The summed E-state index contributed by atoms with van der Waals surface area (Å²) in [6.07, 6.45) is 7.68. The minimum atomic E-state index is -0.206. The van der Waals surface area contributed by atoms with Crippen molar-refractivity contribution in [2.75, 3.05) is 30.8 Å². The average Bonchev–Trinajstić information content (AvgIpc) is 3.18. The second-order valence-corrected chi connectivity index (χ2v) is 8.62. The minimum absolute atomic E-state index is 0.193. The number of nitrogen functional groups attached to an aromatic ring is 1. The number of piperidine rings is 1. The molecule has 1 aromatic heterocycles. The molecule has 2 heterocycles. The van der Waals surface area contributed by atoms with Crippen molar-refractivity contribution in [3.05, 3.63) is 38.6 Å². The number of hydrogen-bond acceptors (Lipinski definition) is 5. The molecule has 1 aliphatic heterocycles. The summed E-state index contributed by atoms with van der Waals surface area (Å²) < 4.78 is 1.58. The standard InChI is InChI=1S/C20H24Cl2N4O.CH5N/c1-25-18(27)15(13-5-4-6-14(21)16(13)22)17(23)24-19(25)26-11-9-20(10-12-26)7-2-3-8-20;1-2/h4-6H,2-3,7-12,23H2,1H3;2H2,1H3. The Morgan fingerprint density at radius 3 is 2.31 bits per heavy atom. The predicted molar refractivity (Wildman–Crippen MR) is 122 cm³/mol. The van der Waals surface area contributed by atoms with Gasteiger partial charge < -0.3 is 16.4 Å². The first-order valence-electron chi connectivity index (χ1n) is 10.1. The molecule has 2 aliphatic rings. The van der Waals surface area contributed by atoms with Crippen LogP contribution in [0.5, 0.6) is 0 Å². The molecule has 0 amide bonds. The Kier molecular flexibility index (Phi) is 6.76. The number of halogens is 2. The molecule has 1 spiro atoms. The summed E-state index contributed by atoms with van der Waals surface area (Å²) in [5.74, 6) is 0.825. The molecule has 4 rings (SSSR count). The van der Waals surface area contributed by atoms with E-state index in [1.54, 1.807) is 29.8 Å². The fourth-order valence-electron chi connectivity index (χ4n) is 4.65. The van der Waals surface area contributed by atoms with Crippen molar-refractivity contribution in [3.63, 3.8) is 0 Å². The van der Waals surface area contributed by atoms with E-state index in [0.717, 1.165) is 25.9 Å². The van der Waals surface area contributed by atoms with Crippen molar-refractivity contribution >= 4 is 35.0 Å². The maximum absolute atomic E-state index is 13.1. The minimum Gasteiger partial charge on any atom is -0.383 e. The summed E-state index contributed by atoms with van der Waals surface area (Å²) in [4.78, 5) is 19.9. The van der Waals surface area contributed by atoms with Crippen molar-refractivity contribution in [2.24, 2.45) is 18.2 Å². The Balaban J connectivity index is 0.00000117. The predicted octanol–water partition coefficient (Wildman–Crippen LogP) is 4.07. The van der Waals surface area contributed by atoms with Gasteiger partial charge in [-0.25, -0.2) is 0 Å². The molecule has 2 fully saturated rings. The Morgan fingerprint density at radius 1 is 1.07 bits per heavy atom. The van der Waals surface area contributed by atoms with E-state index in [4.69, 9.17) is 28.9 Å². The molecule has 158 valence electrons. The number of nitrogens with two attached hydrogens (primary N) is 2. The van der Waals surface area contributed by atoms with Gasteiger partial charge in [0, 0.05) is 25.7 Å². The summed E-state index contributed by atoms with van der Waals surface area (Å²) in [5.41, 5.74) is 11.8. The first-order chi connectivity index (χ1) is 13.9. The van der Waals surface area contributed by atoms with Gasteiger partial charge in [0.15, 0.2) is 0 Å². The average molecular weight is 438 g/mol. The number of rotatable bonds is 2. The van der Waals surface area contributed by atoms with E-state index in [-0.39, 0.29) is 11.4 Å². The summed E-state index contributed by atoms with van der Waals surface area (Å²) in [7, 11) is 3.24. The molecular weight excluding hydrogens is 409 g/mol. The van der Waals surface area contributed by atoms with Crippen molar-refractivity contribution in [1.29, 1.82) is 0 Å². The zero-order valence-electron chi connectivity index (χ0n) is 17.0. The van der Waals surface area contributed by atoms with Crippen LogP contribution in [0.1, 0.15) is 38.5 Å². The number of benzene rings is 1. The van der Waals surface area contributed by atoms with Crippen LogP contribution in [0.2, 0.25) is 10.0 Å². The van der Waals surface area contributed by atoms with Gasteiger partial charge in [0.2, 0.25) is 5.95 Å². The second-order valence-electron chi connectivity index (χ2n) is 7.83. The molecule has 0 atom stereocenters. The summed E-state index contributed by atoms with van der Waals surface area (Å²) >= 11 is 12.4. The third kappa shape index (κ3) is 4.11. The quantitative estimate of drug-likeness (QED) is 0.738. The first-order valence-corrected chi connectivity index (χ1v) is 10.8. The topological polar surface area (TPSA) is 90.2 Å². The number of aromatic nitrogens is 2. The second kappa shape index (κ2) is 8.94. The Hall–Kier alpha value is -1.76. The Labute approximate surface area is 181 Å². The maximum atomic E-state index is 13.1. The van der Waals surface area contributed by atoms with Crippen LogP contribution < -0.4 is 21.9 Å². The van der Waals surface area contributed by atoms with Crippen molar-refractivity contribution in [2.45, 2.75) is 38.5 Å². The van der Waals surface area contributed by atoms with E-state index in [9.17, 15) is 4.79 Å². The van der Waals surface area contributed by atoms with Crippen LogP contribution in [0.4, 0.5) is 11.8 Å². The van der Waals surface area contributed by atoms with Gasteiger partial charge in [0.25, 0.3) is 5.56 Å². The van der Waals surface area contributed by atoms with Crippen molar-refractivity contribution in [1.82, 2.24) is 9.55 Å². The molecule has 1 saturated carbocycles. The van der Waals surface area contributed by atoms with Crippen LogP contribution in [0.3, 0.4) is 0 Å². The molecule has 1 aromatic carbocycles. The fourth-order valence-corrected chi connectivity index (χ4v) is 5.04. The largest absolute Gasteiger partial charge is 0.383 e. The van der Waals surface area contributed by atoms with Crippen LogP contribution in [-0.4, -0.2) is 29.7 Å². The lowest BCUT2D eigenvalue weighted by atomic mass is 9.77. The van der Waals surface area contributed by atoms with E-state index in [2.05, 4.69) is 15.6 Å². The maximum Gasteiger partial charge on any atom is 0.264 e. The third-order valence-electron chi connectivity index (χ3n) is 6.29. The molecule has 2 aromatic rings. The summed E-state index contributed by atoms with van der Waals surface area (Å²) in [5, 5.41) is 0.705. The van der Waals surface area contributed by atoms with Gasteiger partial charge >= 0.3 is 0 Å². The van der Waals surface area contributed by atoms with Crippen LogP contribution in [0.15, 0.2) is 23.0 Å². The number of hydrogen-bond donors (Lipinski definition) is 2. The normalized spacial score (nSPS) is 17.9. The highest BCUT2D eigenvalue weighted by Gasteiger charge is 2.37. The molecule has 4 N–H and O–H groups in total. The van der Waals surface area contributed by atoms with E-state index in [1.165, 1.54) is 32.7 Å². The van der Waals surface area contributed by atoms with Gasteiger partial charge in [-0.05, 0) is 44.2 Å². The van der Waals surface area contributed by atoms with Crippen molar-refractivity contribution in [3.8, 4) is 11.1 Å². The Morgan fingerprint density at radius 2 is 1.69 bits per heavy atom. The lowest BCUT2D eigenvalue weighted by molar-refractivity contribution is 0.225. The van der Waals surface area contributed by atoms with E-state index in [1.807, 2.05) is 0 Å². The smallest absolute Gasteiger partial charge is 0.264 e. The van der Waals surface area contributed by atoms with Gasteiger partial charge in [-0.3, -0.25) is 9.36 Å². The molecule has 0 bridgehead atoms. The first kappa shape index (κ1) is 21.9. The van der Waals surface area contributed by atoms with Gasteiger partial charge in [0.05, 0.1) is 15.6 Å². The highest BCUT2D eigenvalue weighted by Crippen LogP contribution is 2.46. The van der Waals surface area contributed by atoms with E-state index < -0.39 is 0 Å². The number of anilines is 2. The summed E-state index contributed by atoms with van der Waals surface area (Å²) in [6.45, 7) is 1.83. The molecule has 6 nitrogen and oxygen atoms in total. The van der Waals surface area contributed by atoms with Crippen LogP contribution in [0.25, 0.3) is 11.1 Å². The van der Waals surface area contributed by atoms with E-state index >= 15 is 0 Å². The van der Waals surface area contributed by atoms with Gasteiger partial charge in [-0.15, -0.1) is 0 Å². The SMILES string of the molecule is CN.Cn1c(N2CCC3(CCCC3)CC2)nc(N)c(-c2cccc(Cl)c2Cl)c1=O. The molecule has 8 heteroatoms. The number of nitrogens with zero attached hydrogens (tertiary/aromatic N) is 3.